The quantitative estimate of drug-likeness (QED) is 0.745. The molecule has 2 aromatic heterocycles. The molecule has 0 saturated heterocycles. The van der Waals surface area contributed by atoms with E-state index < -0.39 is 17.8 Å². The number of carbonyl (C=O) groups is 1. The topological polar surface area (TPSA) is 73.8 Å². The van der Waals surface area contributed by atoms with Crippen molar-refractivity contribution < 1.29 is 18.0 Å². The molecule has 0 aliphatic rings. The van der Waals surface area contributed by atoms with E-state index in [-0.39, 0.29) is 28.8 Å². The van der Waals surface area contributed by atoms with Crippen LogP contribution in [-0.2, 0) is 12.6 Å². The van der Waals surface area contributed by atoms with Gasteiger partial charge in [0.05, 0.1) is 11.8 Å². The second kappa shape index (κ2) is 6.03. The van der Waals surface area contributed by atoms with Crippen LogP contribution in [0.4, 0.5) is 19.0 Å². The van der Waals surface area contributed by atoms with E-state index in [0.29, 0.717) is 10.6 Å². The number of hydrogen-bond donors (Lipinski definition) is 1. The molecule has 0 unspecified atom stereocenters. The summed E-state index contributed by atoms with van der Waals surface area (Å²) >= 11 is 5.87. The second-order valence-electron chi connectivity index (χ2n) is 5.52. The van der Waals surface area contributed by atoms with E-state index in [9.17, 15) is 18.0 Å². The summed E-state index contributed by atoms with van der Waals surface area (Å²) in [4.78, 5) is 16.1. The van der Waals surface area contributed by atoms with Gasteiger partial charge < -0.3 is 5.73 Å². The van der Waals surface area contributed by atoms with Crippen molar-refractivity contribution in [3.8, 4) is 0 Å². The number of rotatable bonds is 2. The molecule has 1 aromatic carbocycles. The number of hydrogen-bond acceptors (Lipinski definition) is 4. The number of nitrogen functional groups attached to an aromatic ring is 1. The van der Waals surface area contributed by atoms with Crippen LogP contribution in [-0.4, -0.2) is 20.7 Å². The minimum atomic E-state index is -4.64. The molecule has 5 nitrogen and oxygen atoms in total. The zero-order chi connectivity index (χ0) is 18.4. The summed E-state index contributed by atoms with van der Waals surface area (Å²) < 4.78 is 39.8. The van der Waals surface area contributed by atoms with E-state index in [1.165, 1.54) is 6.92 Å². The molecule has 2 N–H and O–H groups in total. The van der Waals surface area contributed by atoms with E-state index in [0.717, 1.165) is 10.7 Å². The Hall–Kier alpha value is -2.61. The Morgan fingerprint density at radius 3 is 2.68 bits per heavy atom. The number of anilines is 1. The molecular formula is C16H12ClF3N4O. The molecule has 0 atom stereocenters. The lowest BCUT2D eigenvalue weighted by Crippen LogP contribution is -2.17. The van der Waals surface area contributed by atoms with Gasteiger partial charge >= 0.3 is 6.18 Å². The average molecular weight is 369 g/mol. The average Bonchev–Trinajstić information content (AvgIpc) is 2.84. The smallest absolute Gasteiger partial charge is 0.382 e. The van der Waals surface area contributed by atoms with Crippen LogP contribution in [0.25, 0.3) is 11.0 Å². The van der Waals surface area contributed by atoms with E-state index in [1.54, 1.807) is 24.3 Å². The monoisotopic (exact) mass is 368 g/mol. The van der Waals surface area contributed by atoms with E-state index in [2.05, 4.69) is 10.1 Å². The van der Waals surface area contributed by atoms with Gasteiger partial charge in [-0.3, -0.25) is 4.79 Å². The predicted molar refractivity (Wildman–Crippen MR) is 87.5 cm³/mol. The fourth-order valence-electron chi connectivity index (χ4n) is 2.55. The molecule has 0 radical (unpaired) electrons. The summed E-state index contributed by atoms with van der Waals surface area (Å²) in [5, 5.41) is 4.55. The molecule has 0 amide bonds. The van der Waals surface area contributed by atoms with E-state index in [4.69, 9.17) is 17.3 Å². The number of aromatic nitrogens is 3. The van der Waals surface area contributed by atoms with E-state index in [1.807, 2.05) is 0 Å². The molecule has 3 rings (SSSR count). The number of nitrogens with zero attached hydrogens (tertiary/aromatic N) is 3. The summed E-state index contributed by atoms with van der Waals surface area (Å²) in [5.41, 5.74) is 5.30. The first-order valence-corrected chi connectivity index (χ1v) is 7.55. The fourth-order valence-corrected chi connectivity index (χ4v) is 2.76. The van der Waals surface area contributed by atoms with Gasteiger partial charge in [-0.15, -0.1) is 5.10 Å². The Balaban J connectivity index is 2.09. The number of carbonyl (C=O) groups excluding carboxylic acids is 1. The summed E-state index contributed by atoms with van der Waals surface area (Å²) in [6, 6.07) is 7.47. The minimum Gasteiger partial charge on any atom is -0.382 e. The molecule has 2 heterocycles. The van der Waals surface area contributed by atoms with Crippen LogP contribution >= 0.6 is 11.6 Å². The summed E-state index contributed by atoms with van der Waals surface area (Å²) in [7, 11) is 0. The zero-order valence-corrected chi connectivity index (χ0v) is 13.7. The van der Waals surface area contributed by atoms with Gasteiger partial charge in [-0.1, -0.05) is 23.7 Å². The first kappa shape index (κ1) is 17.2. The van der Waals surface area contributed by atoms with Crippen molar-refractivity contribution in [3.63, 3.8) is 0 Å². The number of benzene rings is 1. The Morgan fingerprint density at radius 2 is 2.04 bits per heavy atom. The first-order valence-electron chi connectivity index (χ1n) is 7.17. The van der Waals surface area contributed by atoms with Crippen LogP contribution in [0.3, 0.4) is 0 Å². The maximum atomic E-state index is 13.0. The molecular weight excluding hydrogens is 357 g/mol. The maximum Gasteiger partial charge on any atom is 0.433 e. The number of alkyl halides is 3. The summed E-state index contributed by atoms with van der Waals surface area (Å²) in [5.74, 6) is -0.608. The van der Waals surface area contributed by atoms with Gasteiger partial charge in [0.2, 0.25) is 0 Å². The normalized spacial score (nSPS) is 11.9. The third kappa shape index (κ3) is 3.30. The van der Waals surface area contributed by atoms with Crippen molar-refractivity contribution in [3.05, 3.63) is 52.2 Å². The van der Waals surface area contributed by atoms with Crippen LogP contribution in [0, 0.1) is 6.92 Å². The molecule has 25 heavy (non-hydrogen) atoms. The maximum absolute atomic E-state index is 13.0. The SMILES string of the molecule is Cc1cc(C(F)(F)F)nc2c1c(N)nn2C(=O)Cc1cccc(Cl)c1. The summed E-state index contributed by atoms with van der Waals surface area (Å²) in [6.45, 7) is 1.46. The molecule has 9 heteroatoms. The van der Waals surface area contributed by atoms with Gasteiger partial charge in [-0.25, -0.2) is 4.98 Å². The Labute approximate surface area is 145 Å². The Kier molecular flexibility index (Phi) is 4.16. The van der Waals surface area contributed by atoms with Crippen molar-refractivity contribution >= 4 is 34.4 Å². The molecule has 130 valence electrons. The molecule has 0 aliphatic heterocycles. The van der Waals surface area contributed by atoms with Crippen LogP contribution in [0.1, 0.15) is 21.6 Å². The number of halogens is 4. The Morgan fingerprint density at radius 1 is 1.32 bits per heavy atom. The van der Waals surface area contributed by atoms with Gasteiger partial charge in [0.15, 0.2) is 11.5 Å². The second-order valence-corrected chi connectivity index (χ2v) is 5.95. The van der Waals surface area contributed by atoms with Crippen molar-refractivity contribution in [2.75, 3.05) is 5.73 Å². The lowest BCUT2D eigenvalue weighted by molar-refractivity contribution is -0.141. The number of nitrogens with two attached hydrogens (primary N) is 1. The highest BCUT2D eigenvalue weighted by molar-refractivity contribution is 6.30. The van der Waals surface area contributed by atoms with Crippen molar-refractivity contribution in [2.24, 2.45) is 0 Å². The predicted octanol–water partition coefficient (Wildman–Crippen LogP) is 3.88. The molecule has 3 aromatic rings. The van der Waals surface area contributed by atoms with Crippen molar-refractivity contribution in [1.82, 2.24) is 14.8 Å². The highest BCUT2D eigenvalue weighted by Crippen LogP contribution is 2.32. The molecule has 0 fully saturated rings. The van der Waals surface area contributed by atoms with Crippen molar-refractivity contribution in [2.45, 2.75) is 19.5 Å². The van der Waals surface area contributed by atoms with Crippen LogP contribution in [0.2, 0.25) is 5.02 Å². The minimum absolute atomic E-state index is 0.0480. The lowest BCUT2D eigenvalue weighted by Gasteiger charge is -2.08. The van der Waals surface area contributed by atoms with E-state index >= 15 is 0 Å². The largest absolute Gasteiger partial charge is 0.433 e. The first-order chi connectivity index (χ1) is 11.7. The zero-order valence-electron chi connectivity index (χ0n) is 12.9. The standard InChI is InChI=1S/C16H12ClF3N4O/c1-8-5-11(16(18,19)20)22-15-13(8)14(21)23-24(15)12(25)7-9-3-2-4-10(17)6-9/h2-6H,7H2,1H3,(H2,21,23). The fraction of sp³-hybridized carbons (Fsp3) is 0.188. The van der Waals surface area contributed by atoms with Gasteiger partial charge in [-0.05, 0) is 36.2 Å². The third-order valence-electron chi connectivity index (χ3n) is 3.63. The number of pyridine rings is 1. The van der Waals surface area contributed by atoms with Gasteiger partial charge in [0, 0.05) is 5.02 Å². The number of aryl methyl sites for hydroxylation is 1. The van der Waals surface area contributed by atoms with Gasteiger partial charge in [0.1, 0.15) is 5.69 Å². The van der Waals surface area contributed by atoms with Crippen LogP contribution in [0.5, 0.6) is 0 Å². The number of fused-ring (bicyclic) bond motifs is 1. The third-order valence-corrected chi connectivity index (χ3v) is 3.87. The Bertz CT molecular complexity index is 981. The molecule has 0 aliphatic carbocycles. The lowest BCUT2D eigenvalue weighted by atomic mass is 10.1. The van der Waals surface area contributed by atoms with Crippen LogP contribution in [0.15, 0.2) is 30.3 Å². The van der Waals surface area contributed by atoms with Gasteiger partial charge in [-0.2, -0.15) is 17.9 Å². The summed E-state index contributed by atoms with van der Waals surface area (Å²) in [6.07, 6.45) is -4.74. The van der Waals surface area contributed by atoms with Crippen molar-refractivity contribution in [1.29, 1.82) is 0 Å². The molecule has 0 saturated carbocycles. The van der Waals surface area contributed by atoms with Gasteiger partial charge in [0.25, 0.3) is 5.91 Å². The van der Waals surface area contributed by atoms with Crippen LogP contribution < -0.4 is 5.73 Å². The highest BCUT2D eigenvalue weighted by atomic mass is 35.5. The molecule has 0 spiro atoms. The highest BCUT2D eigenvalue weighted by Gasteiger charge is 2.34. The molecule has 0 bridgehead atoms.